The highest BCUT2D eigenvalue weighted by Gasteiger charge is 2.16. The van der Waals surface area contributed by atoms with Gasteiger partial charge in [0.2, 0.25) is 5.91 Å². The van der Waals surface area contributed by atoms with E-state index in [1.807, 2.05) is 32.9 Å². The third-order valence-electron chi connectivity index (χ3n) is 3.96. The lowest BCUT2D eigenvalue weighted by Gasteiger charge is -2.13. The molecule has 2 amide bonds. The number of sulfone groups is 1. The zero-order valence-electron chi connectivity index (χ0n) is 15.5. The van der Waals surface area contributed by atoms with Crippen LogP contribution in [-0.4, -0.2) is 33.0 Å². The van der Waals surface area contributed by atoms with Crippen molar-refractivity contribution < 1.29 is 18.0 Å². The fourth-order valence-corrected chi connectivity index (χ4v) is 3.58. The second kappa shape index (κ2) is 8.10. The molecule has 2 N–H and O–H groups in total. The molecule has 2 rings (SSSR count). The van der Waals surface area contributed by atoms with Crippen LogP contribution in [0.15, 0.2) is 35.2 Å². The van der Waals surface area contributed by atoms with Crippen LogP contribution in [0.2, 0.25) is 5.02 Å². The summed E-state index contributed by atoms with van der Waals surface area (Å²) in [6.07, 6.45) is 1.04. The van der Waals surface area contributed by atoms with Gasteiger partial charge < -0.3 is 10.6 Å². The van der Waals surface area contributed by atoms with E-state index in [4.69, 9.17) is 11.6 Å². The Hall–Kier alpha value is -2.38. The summed E-state index contributed by atoms with van der Waals surface area (Å²) in [6, 6.07) is 7.77. The maximum Gasteiger partial charge on any atom is 0.253 e. The standard InChI is InChI=1S/C19H21ClN2O4S/c1-11-7-12(2)18(13(3)8-11)22-17(23)10-21-19(24)15-9-14(27(4,25)26)5-6-16(15)20/h5-9H,10H2,1-4H3,(H,21,24)(H,22,23). The van der Waals surface area contributed by atoms with Crippen LogP contribution in [0.25, 0.3) is 0 Å². The Morgan fingerprint density at radius 2 is 1.63 bits per heavy atom. The van der Waals surface area contributed by atoms with E-state index in [1.54, 1.807) is 0 Å². The minimum atomic E-state index is -3.48. The lowest BCUT2D eigenvalue weighted by molar-refractivity contribution is -0.115. The van der Waals surface area contributed by atoms with E-state index in [0.717, 1.165) is 22.9 Å². The first-order chi connectivity index (χ1) is 12.5. The van der Waals surface area contributed by atoms with Gasteiger partial charge in [0.25, 0.3) is 5.91 Å². The molecule has 27 heavy (non-hydrogen) atoms. The molecule has 0 aliphatic carbocycles. The zero-order valence-corrected chi connectivity index (χ0v) is 17.1. The first kappa shape index (κ1) is 20.9. The largest absolute Gasteiger partial charge is 0.343 e. The van der Waals surface area contributed by atoms with E-state index in [2.05, 4.69) is 10.6 Å². The summed E-state index contributed by atoms with van der Waals surface area (Å²) in [5.74, 6) is -1.02. The van der Waals surface area contributed by atoms with Crippen LogP contribution in [0, 0.1) is 20.8 Å². The third-order valence-corrected chi connectivity index (χ3v) is 5.40. The Morgan fingerprint density at radius 3 is 2.19 bits per heavy atom. The van der Waals surface area contributed by atoms with Gasteiger partial charge in [-0.05, 0) is 50.1 Å². The van der Waals surface area contributed by atoms with E-state index >= 15 is 0 Å². The molecule has 0 saturated carbocycles. The van der Waals surface area contributed by atoms with Crippen molar-refractivity contribution in [1.29, 1.82) is 0 Å². The molecule has 2 aromatic carbocycles. The first-order valence-corrected chi connectivity index (χ1v) is 10.4. The normalized spacial score (nSPS) is 11.1. The molecule has 0 aliphatic rings. The quantitative estimate of drug-likeness (QED) is 0.795. The molecule has 0 bridgehead atoms. The molecule has 6 nitrogen and oxygen atoms in total. The third kappa shape index (κ3) is 5.30. The summed E-state index contributed by atoms with van der Waals surface area (Å²) < 4.78 is 23.3. The highest BCUT2D eigenvalue weighted by atomic mass is 35.5. The van der Waals surface area contributed by atoms with Gasteiger partial charge in [0.15, 0.2) is 9.84 Å². The van der Waals surface area contributed by atoms with Crippen LogP contribution in [-0.2, 0) is 14.6 Å². The van der Waals surface area contributed by atoms with E-state index < -0.39 is 21.7 Å². The summed E-state index contributed by atoms with van der Waals surface area (Å²) in [5.41, 5.74) is 3.65. The SMILES string of the molecule is Cc1cc(C)c(NC(=O)CNC(=O)c2cc(S(C)(=O)=O)ccc2Cl)c(C)c1. The highest BCUT2D eigenvalue weighted by Crippen LogP contribution is 2.22. The van der Waals surface area contributed by atoms with Gasteiger partial charge in [-0.2, -0.15) is 0 Å². The summed E-state index contributed by atoms with van der Waals surface area (Å²) in [6.45, 7) is 5.49. The van der Waals surface area contributed by atoms with Crippen LogP contribution in [0.4, 0.5) is 5.69 Å². The Kier molecular flexibility index (Phi) is 6.28. The van der Waals surface area contributed by atoms with Gasteiger partial charge in [-0.1, -0.05) is 29.3 Å². The van der Waals surface area contributed by atoms with E-state index in [0.29, 0.717) is 5.69 Å². The molecule has 0 saturated heterocycles. The van der Waals surface area contributed by atoms with Gasteiger partial charge in [0.1, 0.15) is 0 Å². The number of halogens is 1. The van der Waals surface area contributed by atoms with Crippen LogP contribution in [0.5, 0.6) is 0 Å². The number of nitrogens with one attached hydrogen (secondary N) is 2. The number of hydrogen-bond acceptors (Lipinski definition) is 4. The molecule has 0 aromatic heterocycles. The van der Waals surface area contributed by atoms with E-state index in [9.17, 15) is 18.0 Å². The van der Waals surface area contributed by atoms with Crippen LogP contribution in [0.3, 0.4) is 0 Å². The maximum absolute atomic E-state index is 12.3. The highest BCUT2D eigenvalue weighted by molar-refractivity contribution is 7.90. The molecular formula is C19H21ClN2O4S. The average molecular weight is 409 g/mol. The number of benzene rings is 2. The zero-order chi connectivity index (χ0) is 20.4. The Labute approximate surface area is 163 Å². The van der Waals surface area contributed by atoms with Crippen LogP contribution >= 0.6 is 11.6 Å². The molecule has 0 unspecified atom stereocenters. The summed E-state index contributed by atoms with van der Waals surface area (Å²) in [4.78, 5) is 24.5. The summed E-state index contributed by atoms with van der Waals surface area (Å²) in [7, 11) is -3.48. The predicted molar refractivity (Wildman–Crippen MR) is 106 cm³/mol. The van der Waals surface area contributed by atoms with Crippen molar-refractivity contribution >= 4 is 38.9 Å². The van der Waals surface area contributed by atoms with Gasteiger partial charge >= 0.3 is 0 Å². The maximum atomic E-state index is 12.3. The monoisotopic (exact) mass is 408 g/mol. The van der Waals surface area contributed by atoms with Crippen molar-refractivity contribution in [3.8, 4) is 0 Å². The van der Waals surface area contributed by atoms with Gasteiger partial charge in [-0.25, -0.2) is 8.42 Å². The summed E-state index contributed by atoms with van der Waals surface area (Å²) in [5, 5.41) is 5.34. The minimum absolute atomic E-state index is 0.00455. The molecule has 0 fully saturated rings. The van der Waals surface area contributed by atoms with Gasteiger partial charge in [-0.3, -0.25) is 9.59 Å². The molecule has 0 aliphatic heterocycles. The van der Waals surface area contributed by atoms with Crippen molar-refractivity contribution in [3.05, 3.63) is 57.6 Å². The molecule has 0 radical (unpaired) electrons. The molecule has 0 spiro atoms. The van der Waals surface area contributed by atoms with Crippen molar-refractivity contribution in [1.82, 2.24) is 5.32 Å². The number of anilines is 1. The minimum Gasteiger partial charge on any atom is -0.343 e. The second-order valence-corrected chi connectivity index (χ2v) is 8.84. The smallest absolute Gasteiger partial charge is 0.253 e. The molecule has 0 atom stereocenters. The first-order valence-electron chi connectivity index (χ1n) is 8.14. The van der Waals surface area contributed by atoms with Crippen LogP contribution in [0.1, 0.15) is 27.0 Å². The summed E-state index contributed by atoms with van der Waals surface area (Å²) >= 11 is 5.99. The Bertz CT molecular complexity index is 993. The number of carbonyl (C=O) groups is 2. The molecule has 0 heterocycles. The number of carbonyl (C=O) groups excluding carboxylic acids is 2. The van der Waals surface area contributed by atoms with E-state index in [1.165, 1.54) is 18.2 Å². The predicted octanol–water partition coefficient (Wildman–Crippen LogP) is 3.04. The van der Waals surface area contributed by atoms with Gasteiger partial charge in [0.05, 0.1) is 22.0 Å². The number of amides is 2. The van der Waals surface area contributed by atoms with Crippen LogP contribution < -0.4 is 10.6 Å². The van der Waals surface area contributed by atoms with Crippen molar-refractivity contribution in [2.75, 3.05) is 18.1 Å². The molecule has 2 aromatic rings. The number of hydrogen-bond donors (Lipinski definition) is 2. The second-order valence-electron chi connectivity index (χ2n) is 6.42. The van der Waals surface area contributed by atoms with Crippen molar-refractivity contribution in [2.45, 2.75) is 25.7 Å². The molecule has 144 valence electrons. The van der Waals surface area contributed by atoms with Crippen molar-refractivity contribution in [2.24, 2.45) is 0 Å². The van der Waals surface area contributed by atoms with Gasteiger partial charge in [-0.15, -0.1) is 0 Å². The molecule has 8 heteroatoms. The van der Waals surface area contributed by atoms with Crippen molar-refractivity contribution in [3.63, 3.8) is 0 Å². The fraction of sp³-hybridized carbons (Fsp3) is 0.263. The average Bonchev–Trinajstić information content (AvgIpc) is 2.55. The molecular weight excluding hydrogens is 388 g/mol. The Morgan fingerprint density at radius 1 is 1.04 bits per heavy atom. The lowest BCUT2D eigenvalue weighted by atomic mass is 10.1. The number of aryl methyl sites for hydroxylation is 3. The number of rotatable bonds is 5. The lowest BCUT2D eigenvalue weighted by Crippen LogP contribution is -2.33. The van der Waals surface area contributed by atoms with E-state index in [-0.39, 0.29) is 22.0 Å². The topological polar surface area (TPSA) is 92.3 Å². The fourth-order valence-electron chi connectivity index (χ4n) is 2.73. The van der Waals surface area contributed by atoms with Gasteiger partial charge in [0, 0.05) is 11.9 Å². The Balaban J connectivity index is 2.09.